The van der Waals surface area contributed by atoms with Gasteiger partial charge in [-0.15, -0.1) is 0 Å². The third-order valence-corrected chi connectivity index (χ3v) is 4.20. The second-order valence-corrected chi connectivity index (χ2v) is 5.64. The summed E-state index contributed by atoms with van der Waals surface area (Å²) < 4.78 is 39.4. The molecule has 0 aliphatic heterocycles. The average molecular weight is 282 g/mol. The van der Waals surface area contributed by atoms with Crippen molar-refractivity contribution in [1.29, 1.82) is 0 Å². The van der Waals surface area contributed by atoms with Gasteiger partial charge < -0.3 is 5.11 Å². The summed E-state index contributed by atoms with van der Waals surface area (Å²) in [7, 11) is -4.01. The van der Waals surface area contributed by atoms with Gasteiger partial charge in [-0.2, -0.15) is 0 Å². The summed E-state index contributed by atoms with van der Waals surface area (Å²) in [5.41, 5.74) is 0. The summed E-state index contributed by atoms with van der Waals surface area (Å²) in [4.78, 5) is -0.563. The van der Waals surface area contributed by atoms with Crippen LogP contribution in [-0.4, -0.2) is 26.2 Å². The maximum Gasteiger partial charge on any atom is 0.245 e. The third kappa shape index (κ3) is 3.64. The van der Waals surface area contributed by atoms with Crippen molar-refractivity contribution in [3.63, 3.8) is 0 Å². The van der Waals surface area contributed by atoms with Crippen LogP contribution < -0.4 is 4.72 Å². The summed E-state index contributed by atoms with van der Waals surface area (Å²) in [5.74, 6) is -0.902. The summed E-state index contributed by atoms with van der Waals surface area (Å²) in [6.07, 6.45) is 0.241. The maximum absolute atomic E-state index is 13.4. The van der Waals surface area contributed by atoms with Crippen LogP contribution in [0.25, 0.3) is 0 Å². The Balaban J connectivity index is 3.06. The number of rotatable bonds is 5. The Morgan fingerprint density at radius 3 is 2.71 bits per heavy atom. The topological polar surface area (TPSA) is 66.4 Å². The first-order chi connectivity index (χ1) is 7.88. The molecule has 96 valence electrons. The highest BCUT2D eigenvalue weighted by Gasteiger charge is 2.24. The van der Waals surface area contributed by atoms with Gasteiger partial charge in [0.25, 0.3) is 0 Å². The van der Waals surface area contributed by atoms with Crippen molar-refractivity contribution in [2.45, 2.75) is 24.3 Å². The van der Waals surface area contributed by atoms with E-state index < -0.39 is 26.8 Å². The van der Waals surface area contributed by atoms with Gasteiger partial charge in [0.1, 0.15) is 10.7 Å². The smallest absolute Gasteiger partial charge is 0.245 e. The van der Waals surface area contributed by atoms with Gasteiger partial charge >= 0.3 is 0 Å². The number of aliphatic hydroxyl groups excluding tert-OH is 1. The van der Waals surface area contributed by atoms with Crippen molar-refractivity contribution < 1.29 is 17.9 Å². The van der Waals surface area contributed by atoms with Crippen LogP contribution in [-0.2, 0) is 10.0 Å². The van der Waals surface area contributed by atoms with Crippen molar-refractivity contribution in [1.82, 2.24) is 4.72 Å². The number of hydrogen-bond donors (Lipinski definition) is 2. The highest BCUT2D eigenvalue weighted by molar-refractivity contribution is 7.89. The lowest BCUT2D eigenvalue weighted by atomic mass is 10.3. The third-order valence-electron chi connectivity index (χ3n) is 2.11. The molecule has 7 heteroatoms. The van der Waals surface area contributed by atoms with Crippen LogP contribution in [0.2, 0.25) is 5.02 Å². The first-order valence-corrected chi connectivity index (χ1v) is 6.82. The van der Waals surface area contributed by atoms with Gasteiger partial charge in [-0.25, -0.2) is 17.5 Å². The first-order valence-electron chi connectivity index (χ1n) is 4.95. The predicted octanol–water partition coefficient (Wildman–Crippen LogP) is 1.53. The first kappa shape index (κ1) is 14.4. The Labute approximate surface area is 104 Å². The molecule has 0 spiro atoms. The lowest BCUT2D eigenvalue weighted by Crippen LogP contribution is -2.33. The van der Waals surface area contributed by atoms with E-state index in [9.17, 15) is 12.8 Å². The fourth-order valence-corrected chi connectivity index (χ4v) is 3.20. The molecule has 0 aliphatic carbocycles. The zero-order chi connectivity index (χ0) is 13.1. The Morgan fingerprint density at radius 1 is 1.53 bits per heavy atom. The lowest BCUT2D eigenvalue weighted by Gasteiger charge is -2.14. The van der Waals surface area contributed by atoms with Crippen LogP contribution in [0.3, 0.4) is 0 Å². The number of halogens is 2. The van der Waals surface area contributed by atoms with E-state index >= 15 is 0 Å². The van der Waals surface area contributed by atoms with Crippen LogP contribution >= 0.6 is 11.6 Å². The zero-order valence-electron chi connectivity index (χ0n) is 9.15. The normalized spacial score (nSPS) is 13.6. The molecular weight excluding hydrogens is 269 g/mol. The van der Waals surface area contributed by atoms with Crippen molar-refractivity contribution in [3.05, 3.63) is 29.0 Å². The number of nitrogens with one attached hydrogen (secondary N) is 1. The molecule has 0 aliphatic rings. The van der Waals surface area contributed by atoms with E-state index in [2.05, 4.69) is 4.72 Å². The zero-order valence-corrected chi connectivity index (χ0v) is 10.7. The quantitative estimate of drug-likeness (QED) is 0.860. The monoisotopic (exact) mass is 281 g/mol. The van der Waals surface area contributed by atoms with Crippen molar-refractivity contribution in [3.8, 4) is 0 Å². The summed E-state index contributed by atoms with van der Waals surface area (Å²) in [6.45, 7) is 1.41. The van der Waals surface area contributed by atoms with Crippen LogP contribution in [0.15, 0.2) is 23.1 Å². The number of sulfonamides is 1. The molecule has 17 heavy (non-hydrogen) atoms. The minimum atomic E-state index is -4.01. The molecular formula is C10H13ClFNO3S. The molecule has 0 fully saturated rings. The van der Waals surface area contributed by atoms with Crippen molar-refractivity contribution in [2.75, 3.05) is 6.61 Å². The molecule has 0 aromatic heterocycles. The standard InChI is InChI=1S/C10H13ClFNO3S/c1-7(5-6-14)13-17(15,16)10-8(11)3-2-4-9(10)12/h2-4,7,13-14H,5-6H2,1H3/t7-/m0/s1. The van der Waals surface area contributed by atoms with E-state index in [0.717, 1.165) is 6.07 Å². The second-order valence-electron chi connectivity index (χ2n) is 3.59. The van der Waals surface area contributed by atoms with Gasteiger partial charge in [0, 0.05) is 12.6 Å². The Hall–Kier alpha value is -0.690. The molecule has 0 radical (unpaired) electrons. The average Bonchev–Trinajstić information content (AvgIpc) is 2.15. The maximum atomic E-state index is 13.4. The van der Waals surface area contributed by atoms with Crippen LogP contribution in [0, 0.1) is 5.82 Å². The van der Waals surface area contributed by atoms with Crippen molar-refractivity contribution >= 4 is 21.6 Å². The van der Waals surface area contributed by atoms with Gasteiger partial charge in [-0.3, -0.25) is 0 Å². The van der Waals surface area contributed by atoms with E-state index in [1.54, 1.807) is 6.92 Å². The highest BCUT2D eigenvalue weighted by atomic mass is 35.5. The summed E-state index contributed by atoms with van der Waals surface area (Å²) in [5, 5.41) is 8.51. The molecule has 1 aromatic rings. The minimum absolute atomic E-state index is 0.158. The molecule has 0 heterocycles. The van der Waals surface area contributed by atoms with E-state index in [1.807, 2.05) is 0 Å². The van der Waals surface area contributed by atoms with Gasteiger partial charge in [-0.05, 0) is 25.5 Å². The van der Waals surface area contributed by atoms with Crippen LogP contribution in [0.1, 0.15) is 13.3 Å². The fraction of sp³-hybridized carbons (Fsp3) is 0.400. The van der Waals surface area contributed by atoms with E-state index in [1.165, 1.54) is 12.1 Å². The van der Waals surface area contributed by atoms with E-state index in [0.29, 0.717) is 0 Å². The molecule has 4 nitrogen and oxygen atoms in total. The lowest BCUT2D eigenvalue weighted by molar-refractivity contribution is 0.275. The molecule has 1 rings (SSSR count). The van der Waals surface area contributed by atoms with Crippen LogP contribution in [0.5, 0.6) is 0 Å². The Morgan fingerprint density at radius 2 is 2.18 bits per heavy atom. The number of aliphatic hydroxyl groups is 1. The molecule has 2 N–H and O–H groups in total. The Bertz CT molecular complexity index is 472. The van der Waals surface area contributed by atoms with Gasteiger partial charge in [-0.1, -0.05) is 17.7 Å². The summed E-state index contributed by atoms with van der Waals surface area (Å²) in [6, 6.07) is 3.15. The summed E-state index contributed by atoms with van der Waals surface area (Å²) >= 11 is 5.67. The highest BCUT2D eigenvalue weighted by Crippen LogP contribution is 2.24. The van der Waals surface area contributed by atoms with Gasteiger partial charge in [0.05, 0.1) is 5.02 Å². The van der Waals surface area contributed by atoms with Gasteiger partial charge in [0.15, 0.2) is 0 Å². The number of benzene rings is 1. The minimum Gasteiger partial charge on any atom is -0.396 e. The molecule has 0 bridgehead atoms. The fourth-order valence-electron chi connectivity index (χ4n) is 1.32. The molecule has 0 amide bonds. The number of hydrogen-bond acceptors (Lipinski definition) is 3. The molecule has 0 unspecified atom stereocenters. The molecule has 0 saturated carbocycles. The van der Waals surface area contributed by atoms with E-state index in [4.69, 9.17) is 16.7 Å². The van der Waals surface area contributed by atoms with Crippen molar-refractivity contribution in [2.24, 2.45) is 0 Å². The predicted molar refractivity (Wildman–Crippen MR) is 62.9 cm³/mol. The van der Waals surface area contributed by atoms with E-state index in [-0.39, 0.29) is 18.1 Å². The second kappa shape index (κ2) is 5.77. The largest absolute Gasteiger partial charge is 0.396 e. The van der Waals surface area contributed by atoms with Gasteiger partial charge in [0.2, 0.25) is 10.0 Å². The Kier molecular flexibility index (Phi) is 4.88. The molecule has 0 saturated heterocycles. The molecule has 1 aromatic carbocycles. The molecule has 1 atom stereocenters. The SMILES string of the molecule is C[C@@H](CCO)NS(=O)(=O)c1c(F)cccc1Cl. The van der Waals surface area contributed by atoms with Crippen LogP contribution in [0.4, 0.5) is 4.39 Å².